The Balaban J connectivity index is 1.53. The van der Waals surface area contributed by atoms with Gasteiger partial charge in [-0.3, -0.25) is 4.79 Å². The third kappa shape index (κ3) is 6.55. The highest BCUT2D eigenvalue weighted by Crippen LogP contribution is 2.40. The van der Waals surface area contributed by atoms with Crippen LogP contribution in [0.15, 0.2) is 49.1 Å². The molecule has 3 rings (SSSR count). The van der Waals surface area contributed by atoms with Crippen LogP contribution in [0.3, 0.4) is 0 Å². The van der Waals surface area contributed by atoms with Gasteiger partial charge in [-0.1, -0.05) is 81.4 Å². The van der Waals surface area contributed by atoms with Crippen molar-refractivity contribution in [1.29, 1.82) is 0 Å². The van der Waals surface area contributed by atoms with Crippen molar-refractivity contribution in [1.82, 2.24) is 4.90 Å². The van der Waals surface area contributed by atoms with E-state index in [0.29, 0.717) is 11.8 Å². The molecular weight excluding hydrogens is 362 g/mol. The summed E-state index contributed by atoms with van der Waals surface area (Å²) >= 11 is 2.09. The third-order valence-electron chi connectivity index (χ3n) is 6.23. The number of carbonyl (C=O) groups is 1. The monoisotopic (exact) mass is 397 g/mol. The Morgan fingerprint density at radius 2 is 1.79 bits per heavy atom. The zero-order valence-electron chi connectivity index (χ0n) is 17.1. The van der Waals surface area contributed by atoms with Crippen LogP contribution in [0.5, 0.6) is 0 Å². The van der Waals surface area contributed by atoms with Crippen molar-refractivity contribution in [2.75, 3.05) is 18.8 Å². The average Bonchev–Trinajstić information content (AvgIpc) is 3.15. The maximum absolute atomic E-state index is 12.7. The quantitative estimate of drug-likeness (QED) is 0.403. The Labute approximate surface area is 175 Å². The summed E-state index contributed by atoms with van der Waals surface area (Å²) in [6, 6.07) is 10.0. The molecule has 1 aliphatic carbocycles. The van der Waals surface area contributed by atoms with Crippen LogP contribution in [0, 0.1) is 11.8 Å². The summed E-state index contributed by atoms with van der Waals surface area (Å²) in [6.07, 6.45) is 16.7. The van der Waals surface area contributed by atoms with Crippen molar-refractivity contribution in [2.45, 2.75) is 56.6 Å². The average molecular weight is 398 g/mol. The number of hydrogen-bond acceptors (Lipinski definition) is 2. The van der Waals surface area contributed by atoms with Crippen LogP contribution in [0.4, 0.5) is 0 Å². The van der Waals surface area contributed by atoms with Gasteiger partial charge in [0.15, 0.2) is 0 Å². The second-order valence-electron chi connectivity index (χ2n) is 8.33. The first-order valence-corrected chi connectivity index (χ1v) is 12.1. The normalized spacial score (nSPS) is 24.0. The molecule has 1 heterocycles. The Bertz CT molecular complexity index is 633. The van der Waals surface area contributed by atoms with Gasteiger partial charge in [0.25, 0.3) is 0 Å². The molecule has 28 heavy (non-hydrogen) atoms. The first-order chi connectivity index (χ1) is 13.8. The van der Waals surface area contributed by atoms with Gasteiger partial charge >= 0.3 is 0 Å². The Morgan fingerprint density at radius 3 is 2.50 bits per heavy atom. The predicted octanol–water partition coefficient (Wildman–Crippen LogP) is 6.20. The van der Waals surface area contributed by atoms with Gasteiger partial charge in [0.1, 0.15) is 0 Å². The number of nitrogens with zero attached hydrogens (tertiary/aromatic N) is 1. The van der Waals surface area contributed by atoms with Crippen LogP contribution in [0.1, 0.15) is 56.9 Å². The standard InChI is InChI=1S/C25H35NOS/c1-2-17-26(25(27)16-15-21-11-7-6-8-12-21)19-24-18-23(20-28-24)22-13-9-4-3-5-10-14-22/h2,6-8,11-12,15-16,22-24H,1,3-5,9-10,13-14,17-20H2/b16-15+. The summed E-state index contributed by atoms with van der Waals surface area (Å²) < 4.78 is 0. The summed E-state index contributed by atoms with van der Waals surface area (Å²) in [5, 5.41) is 0.574. The predicted molar refractivity (Wildman–Crippen MR) is 122 cm³/mol. The molecule has 1 aliphatic heterocycles. The van der Waals surface area contributed by atoms with Crippen molar-refractivity contribution < 1.29 is 4.79 Å². The fourth-order valence-corrected chi connectivity index (χ4v) is 6.24. The van der Waals surface area contributed by atoms with Crippen LogP contribution in [-0.4, -0.2) is 34.9 Å². The van der Waals surface area contributed by atoms with Crippen molar-refractivity contribution in [3.63, 3.8) is 0 Å². The van der Waals surface area contributed by atoms with Crippen LogP contribution in [0.2, 0.25) is 0 Å². The Morgan fingerprint density at radius 1 is 1.07 bits per heavy atom. The highest BCUT2D eigenvalue weighted by Gasteiger charge is 2.32. The molecule has 2 atom stereocenters. The van der Waals surface area contributed by atoms with E-state index in [0.717, 1.165) is 23.9 Å². The molecule has 2 nitrogen and oxygen atoms in total. The minimum Gasteiger partial charge on any atom is -0.334 e. The van der Waals surface area contributed by atoms with E-state index in [1.54, 1.807) is 6.08 Å². The van der Waals surface area contributed by atoms with Crippen molar-refractivity contribution >= 4 is 23.7 Å². The number of rotatable bonds is 7. The van der Waals surface area contributed by atoms with E-state index in [4.69, 9.17) is 0 Å². The minimum absolute atomic E-state index is 0.0961. The molecule has 1 saturated carbocycles. The zero-order valence-corrected chi connectivity index (χ0v) is 17.9. The molecular formula is C25H35NOS. The van der Waals surface area contributed by atoms with E-state index >= 15 is 0 Å². The van der Waals surface area contributed by atoms with Gasteiger partial charge in [-0.2, -0.15) is 11.8 Å². The first kappa shape index (κ1) is 21.2. The molecule has 1 amide bonds. The fraction of sp³-hybridized carbons (Fsp3) is 0.560. The van der Waals surface area contributed by atoms with Crippen LogP contribution < -0.4 is 0 Å². The lowest BCUT2D eigenvalue weighted by atomic mass is 9.81. The summed E-state index contributed by atoms with van der Waals surface area (Å²) in [6.45, 7) is 5.33. The maximum Gasteiger partial charge on any atom is 0.246 e. The summed E-state index contributed by atoms with van der Waals surface area (Å²) in [7, 11) is 0. The molecule has 1 aromatic carbocycles. The number of carbonyl (C=O) groups excluding carboxylic acids is 1. The maximum atomic E-state index is 12.7. The molecule has 3 heteroatoms. The number of thioether (sulfide) groups is 1. The largest absolute Gasteiger partial charge is 0.334 e. The summed E-state index contributed by atoms with van der Waals surface area (Å²) in [5.74, 6) is 3.15. The van der Waals surface area contributed by atoms with Crippen molar-refractivity contribution in [2.24, 2.45) is 11.8 Å². The lowest BCUT2D eigenvalue weighted by molar-refractivity contribution is -0.125. The van der Waals surface area contributed by atoms with E-state index in [-0.39, 0.29) is 5.91 Å². The van der Waals surface area contributed by atoms with Gasteiger partial charge < -0.3 is 4.90 Å². The van der Waals surface area contributed by atoms with E-state index in [1.807, 2.05) is 47.4 Å². The minimum atomic E-state index is 0.0961. The van der Waals surface area contributed by atoms with Crippen LogP contribution in [-0.2, 0) is 4.79 Å². The van der Waals surface area contributed by atoms with Crippen LogP contribution in [0.25, 0.3) is 6.08 Å². The Kier molecular flexibility index (Phi) is 8.72. The van der Waals surface area contributed by atoms with Gasteiger partial charge in [0, 0.05) is 24.4 Å². The van der Waals surface area contributed by atoms with E-state index in [1.165, 1.54) is 57.1 Å². The molecule has 1 aromatic rings. The van der Waals surface area contributed by atoms with Gasteiger partial charge in [0.05, 0.1) is 0 Å². The second kappa shape index (κ2) is 11.5. The van der Waals surface area contributed by atoms with E-state index < -0.39 is 0 Å². The number of hydrogen-bond donors (Lipinski definition) is 0. The van der Waals surface area contributed by atoms with Crippen molar-refractivity contribution in [3.8, 4) is 0 Å². The molecule has 0 radical (unpaired) electrons. The first-order valence-electron chi connectivity index (χ1n) is 11.0. The molecule has 2 aliphatic rings. The molecule has 2 fully saturated rings. The van der Waals surface area contributed by atoms with Gasteiger partial charge in [-0.05, 0) is 35.6 Å². The van der Waals surface area contributed by atoms with E-state index in [2.05, 4.69) is 18.3 Å². The molecule has 0 bridgehead atoms. The van der Waals surface area contributed by atoms with E-state index in [9.17, 15) is 4.79 Å². The SMILES string of the molecule is C=CCN(CC1CC(C2CCCCCCC2)CS1)C(=O)/C=C/c1ccccc1. The zero-order chi connectivity index (χ0) is 19.6. The lowest BCUT2D eigenvalue weighted by Gasteiger charge is -2.26. The fourth-order valence-electron chi connectivity index (χ4n) is 4.64. The van der Waals surface area contributed by atoms with Gasteiger partial charge in [0.2, 0.25) is 5.91 Å². The molecule has 152 valence electrons. The smallest absolute Gasteiger partial charge is 0.246 e. The van der Waals surface area contributed by atoms with Gasteiger partial charge in [-0.15, -0.1) is 6.58 Å². The lowest BCUT2D eigenvalue weighted by Crippen LogP contribution is -2.35. The highest BCUT2D eigenvalue weighted by molar-refractivity contribution is 8.00. The number of benzene rings is 1. The third-order valence-corrected chi connectivity index (χ3v) is 7.66. The van der Waals surface area contributed by atoms with Crippen molar-refractivity contribution in [3.05, 3.63) is 54.6 Å². The molecule has 0 aromatic heterocycles. The Hall–Kier alpha value is -1.48. The summed E-state index contributed by atoms with van der Waals surface area (Å²) in [5.41, 5.74) is 1.06. The molecule has 1 saturated heterocycles. The van der Waals surface area contributed by atoms with Crippen LogP contribution >= 0.6 is 11.8 Å². The van der Waals surface area contributed by atoms with Gasteiger partial charge in [-0.25, -0.2) is 0 Å². The molecule has 2 unspecified atom stereocenters. The summed E-state index contributed by atoms with van der Waals surface area (Å²) in [4.78, 5) is 14.7. The topological polar surface area (TPSA) is 20.3 Å². The highest BCUT2D eigenvalue weighted by atomic mass is 32.2. The molecule has 0 N–H and O–H groups in total. The number of amides is 1. The second-order valence-corrected chi connectivity index (χ2v) is 9.67. The molecule has 0 spiro atoms.